The lowest BCUT2D eigenvalue weighted by atomic mass is 9.96. The Morgan fingerprint density at radius 2 is 1.94 bits per heavy atom. The Morgan fingerprint density at radius 3 is 2.88 bits per heavy atom. The maximum atomic E-state index is 12.0. The number of ketones is 1. The maximum Gasteiger partial charge on any atom is 0.163 e. The van der Waals surface area contributed by atoms with Crippen molar-refractivity contribution in [3.05, 3.63) is 52.6 Å². The molecule has 2 aromatic carbocycles. The van der Waals surface area contributed by atoms with Crippen molar-refractivity contribution in [3.63, 3.8) is 0 Å². The lowest BCUT2D eigenvalue weighted by Crippen LogP contribution is -1.99. The van der Waals surface area contributed by atoms with Crippen molar-refractivity contribution in [2.24, 2.45) is 0 Å². The molecule has 0 saturated carbocycles. The molecule has 0 bridgehead atoms. The van der Waals surface area contributed by atoms with Gasteiger partial charge in [-0.2, -0.15) is 0 Å². The van der Waals surface area contributed by atoms with Crippen molar-refractivity contribution in [1.29, 1.82) is 0 Å². The summed E-state index contributed by atoms with van der Waals surface area (Å²) in [7, 11) is 0. The zero-order valence-corrected chi connectivity index (χ0v) is 9.49. The Kier molecular flexibility index (Phi) is 1.66. The molecule has 0 N–H and O–H groups in total. The summed E-state index contributed by atoms with van der Waals surface area (Å²) in [6.07, 6.45) is 6.88. The van der Waals surface area contributed by atoms with E-state index in [1.807, 2.05) is 6.07 Å². The molecule has 0 spiro atoms. The number of fused-ring (bicyclic) bond motifs is 5. The standard InChI is InChI=1S/C16H12O/c17-15-4-2-1-3-13-12(15)8-7-10-5-6-11-9-14(11)16(10)13/h1,3,5-8H,2,4,9H2. The summed E-state index contributed by atoms with van der Waals surface area (Å²) >= 11 is 0. The topological polar surface area (TPSA) is 17.1 Å². The van der Waals surface area contributed by atoms with E-state index in [9.17, 15) is 4.79 Å². The lowest BCUT2D eigenvalue weighted by molar-refractivity contribution is 0.0984. The molecule has 1 heteroatoms. The van der Waals surface area contributed by atoms with E-state index in [1.54, 1.807) is 0 Å². The van der Waals surface area contributed by atoms with E-state index < -0.39 is 0 Å². The second-order valence-corrected chi connectivity index (χ2v) is 4.87. The summed E-state index contributed by atoms with van der Waals surface area (Å²) in [5.74, 6) is 0.283. The second kappa shape index (κ2) is 3.07. The summed E-state index contributed by atoms with van der Waals surface area (Å²) < 4.78 is 0. The van der Waals surface area contributed by atoms with Crippen molar-refractivity contribution in [2.45, 2.75) is 19.3 Å². The number of hydrogen-bond acceptors (Lipinski definition) is 1. The fraction of sp³-hybridized carbons (Fsp3) is 0.188. The number of carbonyl (C=O) groups excluding carboxylic acids is 1. The molecule has 2 aliphatic carbocycles. The highest BCUT2D eigenvalue weighted by atomic mass is 16.1. The number of allylic oxidation sites excluding steroid dienone is 1. The van der Waals surface area contributed by atoms with Crippen LogP contribution >= 0.6 is 0 Å². The second-order valence-electron chi connectivity index (χ2n) is 4.87. The van der Waals surface area contributed by atoms with Crippen LogP contribution in [-0.4, -0.2) is 5.78 Å². The molecule has 0 unspecified atom stereocenters. The zero-order valence-electron chi connectivity index (χ0n) is 9.49. The van der Waals surface area contributed by atoms with Crippen molar-refractivity contribution in [3.8, 4) is 0 Å². The molecule has 0 heterocycles. The minimum absolute atomic E-state index is 0.283. The van der Waals surface area contributed by atoms with Crippen LogP contribution in [0.3, 0.4) is 0 Å². The normalized spacial score (nSPS) is 16.6. The van der Waals surface area contributed by atoms with Crippen molar-refractivity contribution >= 4 is 22.6 Å². The fourth-order valence-electron chi connectivity index (χ4n) is 2.82. The van der Waals surface area contributed by atoms with Crippen LogP contribution in [0.4, 0.5) is 0 Å². The van der Waals surface area contributed by atoms with Crippen LogP contribution in [0.15, 0.2) is 30.3 Å². The van der Waals surface area contributed by atoms with Crippen LogP contribution < -0.4 is 0 Å². The van der Waals surface area contributed by atoms with Crippen LogP contribution in [0, 0.1) is 0 Å². The first-order valence-corrected chi connectivity index (χ1v) is 6.12. The Morgan fingerprint density at radius 1 is 1.06 bits per heavy atom. The van der Waals surface area contributed by atoms with Gasteiger partial charge in [0, 0.05) is 12.0 Å². The van der Waals surface area contributed by atoms with Crippen LogP contribution in [0.25, 0.3) is 16.8 Å². The van der Waals surface area contributed by atoms with Gasteiger partial charge in [0.1, 0.15) is 0 Å². The molecule has 82 valence electrons. The van der Waals surface area contributed by atoms with E-state index in [0.29, 0.717) is 6.42 Å². The predicted octanol–water partition coefficient (Wildman–Crippen LogP) is 3.73. The molecule has 0 aromatic heterocycles. The lowest BCUT2D eigenvalue weighted by Gasteiger charge is -2.07. The molecular formula is C16H12O. The van der Waals surface area contributed by atoms with Crippen LogP contribution in [0.2, 0.25) is 0 Å². The molecule has 0 radical (unpaired) electrons. The van der Waals surface area contributed by atoms with E-state index in [4.69, 9.17) is 0 Å². The Bertz CT molecular complexity index is 692. The van der Waals surface area contributed by atoms with Gasteiger partial charge in [-0.1, -0.05) is 36.4 Å². The summed E-state index contributed by atoms with van der Waals surface area (Å²) in [5.41, 5.74) is 4.94. The maximum absolute atomic E-state index is 12.0. The largest absolute Gasteiger partial charge is 0.294 e. The van der Waals surface area contributed by atoms with E-state index in [2.05, 4.69) is 30.4 Å². The third kappa shape index (κ3) is 1.22. The molecule has 0 saturated heterocycles. The van der Waals surface area contributed by atoms with Crippen molar-refractivity contribution in [2.75, 3.05) is 0 Å². The SMILES string of the molecule is O=C1CCC=Cc2c1ccc1ccc3c(c21)C3. The summed E-state index contributed by atoms with van der Waals surface area (Å²) in [5, 5.41) is 2.57. The molecule has 2 aliphatic rings. The van der Waals surface area contributed by atoms with E-state index in [0.717, 1.165) is 24.0 Å². The smallest absolute Gasteiger partial charge is 0.163 e. The average Bonchev–Trinajstić information content (AvgIpc) is 3.13. The van der Waals surface area contributed by atoms with Gasteiger partial charge < -0.3 is 0 Å². The van der Waals surface area contributed by atoms with E-state index in [-0.39, 0.29) is 5.78 Å². The molecule has 1 nitrogen and oxygen atoms in total. The highest BCUT2D eigenvalue weighted by Crippen LogP contribution is 2.39. The highest BCUT2D eigenvalue weighted by Gasteiger charge is 2.23. The average molecular weight is 220 g/mol. The van der Waals surface area contributed by atoms with Gasteiger partial charge in [0.15, 0.2) is 5.78 Å². The van der Waals surface area contributed by atoms with Gasteiger partial charge in [0.2, 0.25) is 0 Å². The first kappa shape index (κ1) is 9.17. The van der Waals surface area contributed by atoms with Crippen LogP contribution in [0.5, 0.6) is 0 Å². The minimum atomic E-state index is 0.283. The quantitative estimate of drug-likeness (QED) is 0.564. The third-order valence-electron chi connectivity index (χ3n) is 3.80. The summed E-state index contributed by atoms with van der Waals surface area (Å²) in [6, 6.07) is 8.45. The highest BCUT2D eigenvalue weighted by molar-refractivity contribution is 6.08. The zero-order chi connectivity index (χ0) is 11.4. The van der Waals surface area contributed by atoms with Gasteiger partial charge in [0.25, 0.3) is 0 Å². The minimum Gasteiger partial charge on any atom is -0.294 e. The van der Waals surface area contributed by atoms with E-state index in [1.165, 1.54) is 21.9 Å². The van der Waals surface area contributed by atoms with Gasteiger partial charge >= 0.3 is 0 Å². The number of benzene rings is 2. The Labute approximate surface area is 99.8 Å². The van der Waals surface area contributed by atoms with Crippen LogP contribution in [0.1, 0.15) is 39.9 Å². The molecule has 2 aromatic rings. The van der Waals surface area contributed by atoms with Gasteiger partial charge in [-0.3, -0.25) is 4.79 Å². The fourth-order valence-corrected chi connectivity index (χ4v) is 2.82. The molecular weight excluding hydrogens is 208 g/mol. The van der Waals surface area contributed by atoms with Crippen molar-refractivity contribution < 1.29 is 4.79 Å². The molecule has 4 rings (SSSR count). The first-order chi connectivity index (χ1) is 8.34. The van der Waals surface area contributed by atoms with Crippen molar-refractivity contribution in [1.82, 2.24) is 0 Å². The third-order valence-corrected chi connectivity index (χ3v) is 3.80. The Balaban J connectivity index is 2.16. The summed E-state index contributed by atoms with van der Waals surface area (Å²) in [4.78, 5) is 12.0. The monoisotopic (exact) mass is 220 g/mol. The van der Waals surface area contributed by atoms with Gasteiger partial charge in [-0.05, 0) is 40.3 Å². The van der Waals surface area contributed by atoms with E-state index >= 15 is 0 Å². The number of Topliss-reactive ketones (excluding diaryl/α,β-unsaturated/α-hetero) is 1. The first-order valence-electron chi connectivity index (χ1n) is 6.12. The van der Waals surface area contributed by atoms with Gasteiger partial charge in [-0.25, -0.2) is 0 Å². The molecule has 0 atom stereocenters. The summed E-state index contributed by atoms with van der Waals surface area (Å²) in [6.45, 7) is 0. The molecule has 0 aliphatic heterocycles. The number of rotatable bonds is 0. The van der Waals surface area contributed by atoms with Gasteiger partial charge in [-0.15, -0.1) is 0 Å². The molecule has 0 fully saturated rings. The predicted molar refractivity (Wildman–Crippen MR) is 69.4 cm³/mol. The number of carbonyl (C=O) groups is 1. The molecule has 17 heavy (non-hydrogen) atoms. The number of hydrogen-bond donors (Lipinski definition) is 0. The van der Waals surface area contributed by atoms with Crippen LogP contribution in [-0.2, 0) is 6.42 Å². The Hall–Kier alpha value is -1.89. The molecule has 0 amide bonds. The van der Waals surface area contributed by atoms with Gasteiger partial charge in [0.05, 0.1) is 0 Å².